The van der Waals surface area contributed by atoms with E-state index in [0.717, 1.165) is 5.56 Å². The highest BCUT2D eigenvalue weighted by atomic mass is 16.5. The summed E-state index contributed by atoms with van der Waals surface area (Å²) in [6.45, 7) is 1.81. The van der Waals surface area contributed by atoms with Crippen molar-refractivity contribution in [2.75, 3.05) is 5.73 Å². The zero-order valence-corrected chi connectivity index (χ0v) is 9.42. The number of hydrogen-bond acceptors (Lipinski definition) is 5. The van der Waals surface area contributed by atoms with Crippen molar-refractivity contribution in [1.29, 1.82) is 0 Å². The standard InChI is InChI=1S/C12H13N3O2/c1-8-11(13)14-7-15-12(8)17-10-4-2-9(6-16)3-5-10/h2-5,7,16H,6H2,1H3,(H2,13,14,15). The first-order valence-corrected chi connectivity index (χ1v) is 5.15. The summed E-state index contributed by atoms with van der Waals surface area (Å²) >= 11 is 0. The average Bonchev–Trinajstić information content (AvgIpc) is 2.36. The summed E-state index contributed by atoms with van der Waals surface area (Å²) in [4.78, 5) is 7.88. The van der Waals surface area contributed by atoms with E-state index in [1.165, 1.54) is 6.33 Å². The largest absolute Gasteiger partial charge is 0.439 e. The van der Waals surface area contributed by atoms with Gasteiger partial charge in [0.15, 0.2) is 0 Å². The smallest absolute Gasteiger partial charge is 0.227 e. The van der Waals surface area contributed by atoms with Crippen LogP contribution in [-0.4, -0.2) is 15.1 Å². The third kappa shape index (κ3) is 2.51. The number of rotatable bonds is 3. The second-order valence-electron chi connectivity index (χ2n) is 3.59. The number of nitrogen functional groups attached to an aromatic ring is 1. The number of nitrogens with two attached hydrogens (primary N) is 1. The lowest BCUT2D eigenvalue weighted by atomic mass is 10.2. The molecule has 1 aromatic carbocycles. The van der Waals surface area contributed by atoms with Gasteiger partial charge in [-0.25, -0.2) is 9.97 Å². The average molecular weight is 231 g/mol. The molecule has 0 radical (unpaired) electrons. The van der Waals surface area contributed by atoms with Gasteiger partial charge in [-0.15, -0.1) is 0 Å². The second-order valence-corrected chi connectivity index (χ2v) is 3.59. The van der Waals surface area contributed by atoms with Gasteiger partial charge in [0.05, 0.1) is 12.2 Å². The Balaban J connectivity index is 2.22. The molecule has 0 atom stereocenters. The van der Waals surface area contributed by atoms with Gasteiger partial charge in [-0.2, -0.15) is 0 Å². The lowest BCUT2D eigenvalue weighted by Gasteiger charge is -2.08. The van der Waals surface area contributed by atoms with Crippen molar-refractivity contribution >= 4 is 5.82 Å². The summed E-state index contributed by atoms with van der Waals surface area (Å²) in [7, 11) is 0. The Morgan fingerprint density at radius 1 is 1.24 bits per heavy atom. The SMILES string of the molecule is Cc1c(N)ncnc1Oc1ccc(CO)cc1. The lowest BCUT2D eigenvalue weighted by Crippen LogP contribution is -1.99. The van der Waals surface area contributed by atoms with Crippen molar-refractivity contribution < 1.29 is 9.84 Å². The van der Waals surface area contributed by atoms with Gasteiger partial charge in [0, 0.05) is 0 Å². The number of aromatic nitrogens is 2. The fraction of sp³-hybridized carbons (Fsp3) is 0.167. The van der Waals surface area contributed by atoms with Gasteiger partial charge in [-0.1, -0.05) is 12.1 Å². The van der Waals surface area contributed by atoms with E-state index in [-0.39, 0.29) is 6.61 Å². The molecule has 5 heteroatoms. The maximum Gasteiger partial charge on any atom is 0.227 e. The molecule has 0 saturated heterocycles. The highest BCUT2D eigenvalue weighted by Gasteiger charge is 2.06. The highest BCUT2D eigenvalue weighted by molar-refractivity contribution is 5.44. The van der Waals surface area contributed by atoms with Crippen LogP contribution >= 0.6 is 0 Å². The monoisotopic (exact) mass is 231 g/mol. The molecule has 88 valence electrons. The molecule has 0 saturated carbocycles. The molecular weight excluding hydrogens is 218 g/mol. The van der Waals surface area contributed by atoms with Gasteiger partial charge in [-0.05, 0) is 24.6 Å². The van der Waals surface area contributed by atoms with Crippen molar-refractivity contribution in [1.82, 2.24) is 9.97 Å². The number of benzene rings is 1. The first-order valence-electron chi connectivity index (χ1n) is 5.15. The summed E-state index contributed by atoms with van der Waals surface area (Å²) in [5, 5.41) is 8.92. The molecule has 0 bridgehead atoms. The first kappa shape index (κ1) is 11.3. The second kappa shape index (κ2) is 4.80. The van der Waals surface area contributed by atoms with E-state index in [0.29, 0.717) is 23.0 Å². The molecule has 2 aromatic rings. The number of hydrogen-bond donors (Lipinski definition) is 2. The minimum atomic E-state index is 0.0137. The van der Waals surface area contributed by atoms with Crippen molar-refractivity contribution in [2.45, 2.75) is 13.5 Å². The summed E-state index contributed by atoms with van der Waals surface area (Å²) < 4.78 is 5.58. The van der Waals surface area contributed by atoms with Crippen LogP contribution < -0.4 is 10.5 Å². The van der Waals surface area contributed by atoms with Gasteiger partial charge < -0.3 is 15.6 Å². The maximum absolute atomic E-state index is 8.92. The minimum Gasteiger partial charge on any atom is -0.439 e. The van der Waals surface area contributed by atoms with E-state index in [9.17, 15) is 0 Å². The molecule has 0 aliphatic heterocycles. The van der Waals surface area contributed by atoms with Crippen molar-refractivity contribution in [3.05, 3.63) is 41.7 Å². The van der Waals surface area contributed by atoms with Crippen molar-refractivity contribution in [2.24, 2.45) is 0 Å². The number of aliphatic hydroxyl groups is 1. The van der Waals surface area contributed by atoms with E-state index in [2.05, 4.69) is 9.97 Å². The molecule has 0 aliphatic rings. The van der Waals surface area contributed by atoms with E-state index < -0.39 is 0 Å². The molecule has 0 unspecified atom stereocenters. The molecule has 2 rings (SSSR count). The van der Waals surface area contributed by atoms with Crippen molar-refractivity contribution in [3.8, 4) is 11.6 Å². The maximum atomic E-state index is 8.92. The Morgan fingerprint density at radius 2 is 1.94 bits per heavy atom. The molecular formula is C12H13N3O2. The van der Waals surface area contributed by atoms with Crippen LogP contribution in [0.25, 0.3) is 0 Å². The number of anilines is 1. The molecule has 1 aromatic heterocycles. The summed E-state index contributed by atoms with van der Waals surface area (Å²) in [5.74, 6) is 1.49. The van der Waals surface area contributed by atoms with Crippen LogP contribution in [0, 0.1) is 6.92 Å². The normalized spacial score (nSPS) is 10.2. The fourth-order valence-electron chi connectivity index (χ4n) is 1.32. The molecule has 3 N–H and O–H groups in total. The van der Waals surface area contributed by atoms with Gasteiger partial charge in [0.25, 0.3) is 0 Å². The summed E-state index contributed by atoms with van der Waals surface area (Å²) in [5.41, 5.74) is 7.19. The Morgan fingerprint density at radius 3 is 2.59 bits per heavy atom. The Hall–Kier alpha value is -2.14. The molecule has 0 aliphatic carbocycles. The zero-order valence-electron chi connectivity index (χ0n) is 9.42. The Bertz CT molecular complexity index is 512. The molecule has 0 amide bonds. The number of nitrogens with zero attached hydrogens (tertiary/aromatic N) is 2. The third-order valence-corrected chi connectivity index (χ3v) is 2.40. The molecule has 5 nitrogen and oxygen atoms in total. The zero-order chi connectivity index (χ0) is 12.3. The van der Waals surface area contributed by atoms with Crippen LogP contribution in [0.5, 0.6) is 11.6 Å². The predicted molar refractivity (Wildman–Crippen MR) is 63.6 cm³/mol. The van der Waals surface area contributed by atoms with E-state index in [1.54, 1.807) is 31.2 Å². The number of ether oxygens (including phenoxy) is 1. The minimum absolute atomic E-state index is 0.0137. The van der Waals surface area contributed by atoms with E-state index in [1.807, 2.05) is 0 Å². The highest BCUT2D eigenvalue weighted by Crippen LogP contribution is 2.24. The lowest BCUT2D eigenvalue weighted by molar-refractivity contribution is 0.281. The van der Waals surface area contributed by atoms with Crippen LogP contribution in [0.4, 0.5) is 5.82 Å². The van der Waals surface area contributed by atoms with Gasteiger partial charge in [-0.3, -0.25) is 0 Å². The summed E-state index contributed by atoms with van der Waals surface area (Å²) in [6, 6.07) is 7.11. The van der Waals surface area contributed by atoms with Crippen LogP contribution in [0.15, 0.2) is 30.6 Å². The summed E-state index contributed by atoms with van der Waals surface area (Å²) in [6.07, 6.45) is 1.36. The van der Waals surface area contributed by atoms with E-state index >= 15 is 0 Å². The van der Waals surface area contributed by atoms with Crippen LogP contribution in [0.3, 0.4) is 0 Å². The van der Waals surface area contributed by atoms with Crippen molar-refractivity contribution in [3.63, 3.8) is 0 Å². The molecule has 0 spiro atoms. The van der Waals surface area contributed by atoms with Crippen LogP contribution in [-0.2, 0) is 6.61 Å². The third-order valence-electron chi connectivity index (χ3n) is 2.40. The van der Waals surface area contributed by atoms with Gasteiger partial charge in [0.1, 0.15) is 17.9 Å². The molecule has 0 fully saturated rings. The number of aliphatic hydroxyl groups excluding tert-OH is 1. The van der Waals surface area contributed by atoms with Gasteiger partial charge in [0.2, 0.25) is 5.88 Å². The fourth-order valence-corrected chi connectivity index (χ4v) is 1.32. The predicted octanol–water partition coefficient (Wildman–Crippen LogP) is 1.65. The quantitative estimate of drug-likeness (QED) is 0.839. The molecule has 17 heavy (non-hydrogen) atoms. The van der Waals surface area contributed by atoms with Crippen LogP contribution in [0.2, 0.25) is 0 Å². The van der Waals surface area contributed by atoms with Crippen LogP contribution in [0.1, 0.15) is 11.1 Å². The molecule has 1 heterocycles. The Kier molecular flexibility index (Phi) is 3.20. The Labute approximate surface area is 98.9 Å². The first-order chi connectivity index (χ1) is 8.20. The van der Waals surface area contributed by atoms with E-state index in [4.69, 9.17) is 15.6 Å². The topological polar surface area (TPSA) is 81.3 Å². The van der Waals surface area contributed by atoms with Gasteiger partial charge >= 0.3 is 0 Å².